The molecule has 1 amide bonds. The van der Waals surface area contributed by atoms with Crippen LogP contribution in [0.1, 0.15) is 29.2 Å². The Kier molecular flexibility index (Phi) is 7.15. The van der Waals surface area contributed by atoms with Crippen LogP contribution in [0, 0.1) is 20.8 Å². The quantitative estimate of drug-likeness (QED) is 0.748. The molecule has 0 bridgehead atoms. The Morgan fingerprint density at radius 3 is 2.25 bits per heavy atom. The number of aryl methyl sites for hydroxylation is 2. The highest BCUT2D eigenvalue weighted by Gasteiger charge is 2.19. The number of hydrogen-bond acceptors (Lipinski definition) is 5. The fourth-order valence-electron chi connectivity index (χ4n) is 3.00. The summed E-state index contributed by atoms with van der Waals surface area (Å²) in [4.78, 5) is 12.5. The molecule has 1 atom stereocenters. The van der Waals surface area contributed by atoms with Gasteiger partial charge in [0, 0.05) is 12.1 Å². The second kappa shape index (κ2) is 9.35. The summed E-state index contributed by atoms with van der Waals surface area (Å²) >= 11 is 0. The number of hydrogen-bond donors (Lipinski definition) is 1. The van der Waals surface area contributed by atoms with Crippen LogP contribution in [0.3, 0.4) is 0 Å². The third-order valence-electron chi connectivity index (χ3n) is 4.68. The predicted molar refractivity (Wildman–Crippen MR) is 109 cm³/mol. The Bertz CT molecular complexity index is 847. The molecule has 0 spiro atoms. The lowest BCUT2D eigenvalue weighted by molar-refractivity contribution is -0.127. The van der Waals surface area contributed by atoms with E-state index >= 15 is 0 Å². The number of carbonyl (C=O) groups excluding carboxylic acids is 1. The van der Waals surface area contributed by atoms with Crippen LogP contribution < -0.4 is 24.3 Å². The molecular formula is C22H29NO5. The lowest BCUT2D eigenvalue weighted by Gasteiger charge is -2.19. The van der Waals surface area contributed by atoms with E-state index < -0.39 is 6.10 Å². The maximum absolute atomic E-state index is 12.5. The van der Waals surface area contributed by atoms with Gasteiger partial charge in [0.2, 0.25) is 5.75 Å². The molecule has 0 fully saturated rings. The topological polar surface area (TPSA) is 66.0 Å². The van der Waals surface area contributed by atoms with Crippen LogP contribution in [-0.4, -0.2) is 33.3 Å². The van der Waals surface area contributed by atoms with Crippen molar-refractivity contribution in [3.8, 4) is 23.0 Å². The van der Waals surface area contributed by atoms with Crippen molar-refractivity contribution in [3.63, 3.8) is 0 Å². The Hall–Kier alpha value is -2.89. The molecule has 6 heteroatoms. The molecule has 2 rings (SSSR count). The van der Waals surface area contributed by atoms with Gasteiger partial charge in [-0.15, -0.1) is 0 Å². The zero-order valence-corrected chi connectivity index (χ0v) is 17.6. The van der Waals surface area contributed by atoms with Gasteiger partial charge in [0.1, 0.15) is 5.75 Å². The average Bonchev–Trinajstić information content (AvgIpc) is 2.68. The smallest absolute Gasteiger partial charge is 0.261 e. The highest BCUT2D eigenvalue weighted by atomic mass is 16.5. The van der Waals surface area contributed by atoms with Gasteiger partial charge in [-0.2, -0.15) is 0 Å². The van der Waals surface area contributed by atoms with Gasteiger partial charge in [0.05, 0.1) is 21.3 Å². The molecule has 2 aromatic carbocycles. The van der Waals surface area contributed by atoms with Gasteiger partial charge >= 0.3 is 0 Å². The van der Waals surface area contributed by atoms with Crippen LogP contribution in [0.2, 0.25) is 0 Å². The molecule has 0 unspecified atom stereocenters. The average molecular weight is 387 g/mol. The van der Waals surface area contributed by atoms with Crippen LogP contribution in [0.4, 0.5) is 0 Å². The summed E-state index contributed by atoms with van der Waals surface area (Å²) in [7, 11) is 4.66. The Balaban J connectivity index is 2.10. The van der Waals surface area contributed by atoms with Gasteiger partial charge in [0.25, 0.3) is 5.91 Å². The van der Waals surface area contributed by atoms with E-state index in [1.807, 2.05) is 32.9 Å². The second-order valence-electron chi connectivity index (χ2n) is 6.68. The fraction of sp³-hybridized carbons (Fsp3) is 0.409. The summed E-state index contributed by atoms with van der Waals surface area (Å²) in [6, 6.07) is 7.65. The van der Waals surface area contributed by atoms with Crippen molar-refractivity contribution < 1.29 is 23.7 Å². The van der Waals surface area contributed by atoms with Gasteiger partial charge in [0.15, 0.2) is 17.6 Å². The van der Waals surface area contributed by atoms with Crippen LogP contribution in [0.25, 0.3) is 0 Å². The Morgan fingerprint density at radius 2 is 1.64 bits per heavy atom. The van der Waals surface area contributed by atoms with Crippen molar-refractivity contribution in [1.29, 1.82) is 0 Å². The first kappa shape index (κ1) is 21.4. The van der Waals surface area contributed by atoms with Gasteiger partial charge in [-0.3, -0.25) is 4.79 Å². The fourth-order valence-corrected chi connectivity index (χ4v) is 3.00. The summed E-state index contributed by atoms with van der Waals surface area (Å²) in [6.07, 6.45) is -0.633. The van der Waals surface area contributed by atoms with E-state index in [1.165, 1.54) is 0 Å². The SMILES string of the molecule is COc1ccc(CNC(=O)[C@H](C)Oc2cc(C)cc(C)c2C)c(OC)c1OC. The zero-order chi connectivity index (χ0) is 20.8. The number of benzene rings is 2. The highest BCUT2D eigenvalue weighted by Crippen LogP contribution is 2.39. The van der Waals surface area contributed by atoms with Crippen molar-refractivity contribution >= 4 is 5.91 Å². The number of carbonyl (C=O) groups is 1. The minimum absolute atomic E-state index is 0.213. The Labute approximate surface area is 166 Å². The first-order valence-electron chi connectivity index (χ1n) is 9.12. The van der Waals surface area contributed by atoms with E-state index in [-0.39, 0.29) is 12.5 Å². The van der Waals surface area contributed by atoms with E-state index in [0.717, 1.165) is 28.0 Å². The molecule has 0 heterocycles. The van der Waals surface area contributed by atoms with Gasteiger partial charge in [-0.05, 0) is 62.6 Å². The summed E-state index contributed by atoms with van der Waals surface area (Å²) in [5.41, 5.74) is 4.05. The summed E-state index contributed by atoms with van der Waals surface area (Å²) in [6.45, 7) is 8.04. The van der Waals surface area contributed by atoms with E-state index in [4.69, 9.17) is 18.9 Å². The molecule has 0 aliphatic rings. The molecule has 0 aliphatic carbocycles. The van der Waals surface area contributed by atoms with Crippen LogP contribution in [0.5, 0.6) is 23.0 Å². The molecule has 2 aromatic rings. The molecule has 152 valence electrons. The third kappa shape index (κ3) is 4.68. The monoisotopic (exact) mass is 387 g/mol. The van der Waals surface area contributed by atoms with E-state index in [2.05, 4.69) is 11.4 Å². The normalized spacial score (nSPS) is 11.5. The van der Waals surface area contributed by atoms with Crippen LogP contribution >= 0.6 is 0 Å². The minimum Gasteiger partial charge on any atom is -0.493 e. The van der Waals surface area contributed by atoms with Crippen LogP contribution in [0.15, 0.2) is 24.3 Å². The standard InChI is InChI=1S/C22H29NO5/c1-13-10-14(2)15(3)19(11-13)28-16(4)22(24)23-12-17-8-9-18(25-5)21(27-7)20(17)26-6/h8-11,16H,12H2,1-7H3,(H,23,24)/t16-/m0/s1. The first-order chi connectivity index (χ1) is 13.3. The van der Waals surface area contributed by atoms with Crippen LogP contribution in [-0.2, 0) is 11.3 Å². The molecule has 28 heavy (non-hydrogen) atoms. The summed E-state index contributed by atoms with van der Waals surface area (Å²) in [5.74, 6) is 2.10. The Morgan fingerprint density at radius 1 is 0.964 bits per heavy atom. The molecular weight excluding hydrogens is 358 g/mol. The van der Waals surface area contributed by atoms with Crippen molar-refractivity contribution in [3.05, 3.63) is 46.5 Å². The van der Waals surface area contributed by atoms with Gasteiger partial charge in [-0.1, -0.05) is 6.07 Å². The first-order valence-corrected chi connectivity index (χ1v) is 9.12. The van der Waals surface area contributed by atoms with Crippen molar-refractivity contribution in [2.75, 3.05) is 21.3 Å². The van der Waals surface area contributed by atoms with Crippen molar-refractivity contribution in [1.82, 2.24) is 5.32 Å². The largest absolute Gasteiger partial charge is 0.493 e. The number of ether oxygens (including phenoxy) is 4. The van der Waals surface area contributed by atoms with Gasteiger partial charge in [-0.25, -0.2) is 0 Å². The number of nitrogens with one attached hydrogen (secondary N) is 1. The number of rotatable bonds is 8. The van der Waals surface area contributed by atoms with E-state index in [9.17, 15) is 4.79 Å². The minimum atomic E-state index is -0.633. The maximum atomic E-state index is 12.5. The zero-order valence-electron chi connectivity index (χ0n) is 17.6. The van der Waals surface area contributed by atoms with E-state index in [1.54, 1.807) is 34.3 Å². The van der Waals surface area contributed by atoms with Gasteiger partial charge < -0.3 is 24.3 Å². The highest BCUT2D eigenvalue weighted by molar-refractivity contribution is 5.80. The molecule has 6 nitrogen and oxygen atoms in total. The lowest BCUT2D eigenvalue weighted by Crippen LogP contribution is -2.36. The third-order valence-corrected chi connectivity index (χ3v) is 4.68. The summed E-state index contributed by atoms with van der Waals surface area (Å²) < 4.78 is 22.0. The summed E-state index contributed by atoms with van der Waals surface area (Å²) in [5, 5.41) is 2.89. The molecule has 0 aliphatic heterocycles. The van der Waals surface area contributed by atoms with Crippen molar-refractivity contribution in [2.24, 2.45) is 0 Å². The van der Waals surface area contributed by atoms with E-state index in [0.29, 0.717) is 17.2 Å². The number of amides is 1. The molecule has 0 saturated carbocycles. The van der Waals surface area contributed by atoms with Crippen molar-refractivity contribution in [2.45, 2.75) is 40.3 Å². The second-order valence-corrected chi connectivity index (χ2v) is 6.68. The molecule has 0 aromatic heterocycles. The number of methoxy groups -OCH3 is 3. The maximum Gasteiger partial charge on any atom is 0.261 e. The lowest BCUT2D eigenvalue weighted by atomic mass is 10.1. The molecule has 0 radical (unpaired) electrons. The molecule has 0 saturated heterocycles. The molecule has 1 N–H and O–H groups in total. The predicted octanol–water partition coefficient (Wildman–Crippen LogP) is 3.72.